The van der Waals surface area contributed by atoms with E-state index in [9.17, 15) is 22.7 Å². The summed E-state index contributed by atoms with van der Waals surface area (Å²) < 4.78 is 49.7. The average Bonchev–Trinajstić information content (AvgIpc) is 2.81. The minimum Gasteiger partial charge on any atom is -0.378 e. The van der Waals surface area contributed by atoms with Crippen LogP contribution < -0.4 is 5.73 Å². The highest BCUT2D eigenvalue weighted by Gasteiger charge is 2.65. The second-order valence-electron chi connectivity index (χ2n) is 3.30. The fourth-order valence-electron chi connectivity index (χ4n) is 1.37. The van der Waals surface area contributed by atoms with Gasteiger partial charge in [0, 0.05) is 6.54 Å². The average molecular weight is 201 g/mol. The van der Waals surface area contributed by atoms with Crippen molar-refractivity contribution in [1.82, 2.24) is 0 Å². The molecular weight excluding hydrogens is 190 g/mol. The quantitative estimate of drug-likeness (QED) is 0.669. The lowest BCUT2D eigenvalue weighted by atomic mass is 9.91. The van der Waals surface area contributed by atoms with E-state index in [1.54, 1.807) is 0 Å². The molecule has 0 aliphatic heterocycles. The number of hydrogen-bond acceptors (Lipinski definition) is 2. The highest BCUT2D eigenvalue weighted by atomic mass is 19.4. The van der Waals surface area contributed by atoms with E-state index in [1.165, 1.54) is 0 Å². The van der Waals surface area contributed by atoms with Gasteiger partial charge in [-0.05, 0) is 18.8 Å². The standard InChI is InChI=1S/C7H11F4NO/c8-5(3-12)6(13,4-1-2-4)7(9,10)11/h4-5,13H,1-3,12H2/t5-,6-/m1/s1. The molecule has 1 saturated carbocycles. The van der Waals surface area contributed by atoms with Crippen LogP contribution in [0.5, 0.6) is 0 Å². The van der Waals surface area contributed by atoms with Crippen molar-refractivity contribution < 1.29 is 22.7 Å². The van der Waals surface area contributed by atoms with Crippen LogP contribution in [0.1, 0.15) is 12.8 Å². The minimum absolute atomic E-state index is 0.205. The number of aliphatic hydroxyl groups is 1. The Hall–Kier alpha value is -0.360. The molecule has 1 aliphatic carbocycles. The molecule has 1 rings (SSSR count). The third-order valence-corrected chi connectivity index (χ3v) is 2.34. The Morgan fingerprint density at radius 2 is 1.85 bits per heavy atom. The third-order valence-electron chi connectivity index (χ3n) is 2.34. The van der Waals surface area contributed by atoms with Crippen LogP contribution in [0, 0.1) is 5.92 Å². The van der Waals surface area contributed by atoms with Crippen molar-refractivity contribution in [3.63, 3.8) is 0 Å². The lowest BCUT2D eigenvalue weighted by molar-refractivity contribution is -0.288. The van der Waals surface area contributed by atoms with Gasteiger partial charge >= 0.3 is 6.18 Å². The number of hydrogen-bond donors (Lipinski definition) is 2. The third kappa shape index (κ3) is 1.65. The molecule has 13 heavy (non-hydrogen) atoms. The van der Waals surface area contributed by atoms with Crippen LogP contribution >= 0.6 is 0 Å². The smallest absolute Gasteiger partial charge is 0.378 e. The molecule has 0 saturated heterocycles. The molecule has 0 amide bonds. The number of rotatable bonds is 3. The van der Waals surface area contributed by atoms with Crippen molar-refractivity contribution >= 4 is 0 Å². The maximum atomic E-state index is 12.9. The van der Waals surface area contributed by atoms with Crippen LogP contribution in [-0.2, 0) is 0 Å². The second-order valence-corrected chi connectivity index (χ2v) is 3.30. The predicted octanol–water partition coefficient (Wildman–Crippen LogP) is 0.987. The Balaban J connectivity index is 2.86. The maximum Gasteiger partial charge on any atom is 0.420 e. The van der Waals surface area contributed by atoms with Gasteiger partial charge in [0.15, 0.2) is 11.8 Å². The fourth-order valence-corrected chi connectivity index (χ4v) is 1.37. The van der Waals surface area contributed by atoms with E-state index in [0.29, 0.717) is 0 Å². The summed E-state index contributed by atoms with van der Waals surface area (Å²) in [4.78, 5) is 0. The summed E-state index contributed by atoms with van der Waals surface area (Å²) in [5, 5.41) is 9.18. The topological polar surface area (TPSA) is 46.2 Å². The Morgan fingerprint density at radius 3 is 2.08 bits per heavy atom. The lowest BCUT2D eigenvalue weighted by Gasteiger charge is -2.32. The Morgan fingerprint density at radius 1 is 1.38 bits per heavy atom. The van der Waals surface area contributed by atoms with Crippen LogP contribution in [-0.4, -0.2) is 29.6 Å². The maximum absolute atomic E-state index is 12.9. The molecule has 2 atom stereocenters. The van der Waals surface area contributed by atoms with E-state index < -0.39 is 30.4 Å². The van der Waals surface area contributed by atoms with Gasteiger partial charge in [0.1, 0.15) is 0 Å². The SMILES string of the molecule is NC[C@@H](F)[C@](O)(C1CC1)C(F)(F)F. The molecule has 0 spiro atoms. The van der Waals surface area contributed by atoms with Crippen molar-refractivity contribution in [3.05, 3.63) is 0 Å². The Bertz CT molecular complexity index is 191. The van der Waals surface area contributed by atoms with Gasteiger partial charge in [-0.3, -0.25) is 0 Å². The van der Waals surface area contributed by atoms with Crippen LogP contribution in [0.25, 0.3) is 0 Å². The van der Waals surface area contributed by atoms with Gasteiger partial charge in [-0.1, -0.05) is 0 Å². The molecule has 0 aromatic heterocycles. The summed E-state index contributed by atoms with van der Waals surface area (Å²) in [5.41, 5.74) is 1.55. The molecule has 3 N–H and O–H groups in total. The summed E-state index contributed by atoms with van der Waals surface area (Å²) in [6, 6.07) is 0. The van der Waals surface area contributed by atoms with E-state index >= 15 is 0 Å². The van der Waals surface area contributed by atoms with Crippen molar-refractivity contribution in [3.8, 4) is 0 Å². The summed E-state index contributed by atoms with van der Waals surface area (Å²) in [7, 11) is 0. The van der Waals surface area contributed by atoms with Gasteiger partial charge in [-0.2, -0.15) is 13.2 Å². The van der Waals surface area contributed by atoms with Gasteiger partial charge < -0.3 is 10.8 Å². The van der Waals surface area contributed by atoms with E-state index in [-0.39, 0.29) is 12.8 Å². The van der Waals surface area contributed by atoms with Gasteiger partial charge in [0.2, 0.25) is 0 Å². The molecule has 78 valence electrons. The summed E-state index contributed by atoms with van der Waals surface area (Å²) >= 11 is 0. The first-order valence-electron chi connectivity index (χ1n) is 3.97. The van der Waals surface area contributed by atoms with Crippen LogP contribution in [0.3, 0.4) is 0 Å². The number of halogens is 4. The molecule has 0 aromatic rings. The molecule has 1 aliphatic rings. The largest absolute Gasteiger partial charge is 0.420 e. The first-order valence-corrected chi connectivity index (χ1v) is 3.97. The summed E-state index contributed by atoms with van der Waals surface area (Å²) in [6.07, 6.45) is -6.96. The zero-order valence-corrected chi connectivity index (χ0v) is 6.81. The van der Waals surface area contributed by atoms with E-state index in [4.69, 9.17) is 5.73 Å². The van der Waals surface area contributed by atoms with Gasteiger partial charge in [0.25, 0.3) is 0 Å². The fraction of sp³-hybridized carbons (Fsp3) is 1.00. The number of nitrogens with two attached hydrogens (primary N) is 1. The molecule has 1 fully saturated rings. The Kier molecular flexibility index (Phi) is 2.55. The minimum atomic E-state index is -4.94. The summed E-state index contributed by atoms with van der Waals surface area (Å²) in [5.74, 6) is -1.02. The predicted molar refractivity (Wildman–Crippen MR) is 37.7 cm³/mol. The van der Waals surface area contributed by atoms with E-state index in [1.807, 2.05) is 0 Å². The lowest BCUT2D eigenvalue weighted by Crippen LogP contribution is -2.57. The Labute approximate surface area is 72.7 Å². The van der Waals surface area contributed by atoms with Crippen LogP contribution in [0.15, 0.2) is 0 Å². The molecule has 0 bridgehead atoms. The van der Waals surface area contributed by atoms with Crippen molar-refractivity contribution in [1.29, 1.82) is 0 Å². The van der Waals surface area contributed by atoms with E-state index in [0.717, 1.165) is 0 Å². The molecule has 0 heterocycles. The second kappa shape index (κ2) is 3.09. The first kappa shape index (κ1) is 10.7. The highest BCUT2D eigenvalue weighted by molar-refractivity contribution is 5.04. The van der Waals surface area contributed by atoms with Gasteiger partial charge in [-0.15, -0.1) is 0 Å². The van der Waals surface area contributed by atoms with E-state index in [2.05, 4.69) is 0 Å². The monoisotopic (exact) mass is 201 g/mol. The van der Waals surface area contributed by atoms with Crippen LogP contribution in [0.4, 0.5) is 17.6 Å². The normalized spacial score (nSPS) is 25.4. The summed E-state index contributed by atoms with van der Waals surface area (Å²) in [6.45, 7) is -0.813. The number of alkyl halides is 4. The van der Waals surface area contributed by atoms with Crippen molar-refractivity contribution in [2.75, 3.05) is 6.54 Å². The van der Waals surface area contributed by atoms with Crippen molar-refractivity contribution in [2.24, 2.45) is 11.7 Å². The molecule has 2 nitrogen and oxygen atoms in total. The first-order chi connectivity index (χ1) is 5.84. The molecule has 0 radical (unpaired) electrons. The molecular formula is C7H11F4NO. The van der Waals surface area contributed by atoms with Crippen LogP contribution in [0.2, 0.25) is 0 Å². The zero-order chi connectivity index (χ0) is 10.3. The molecule has 0 unspecified atom stereocenters. The molecule has 0 aromatic carbocycles. The van der Waals surface area contributed by atoms with Crippen molar-refractivity contribution in [2.45, 2.75) is 30.8 Å². The van der Waals surface area contributed by atoms with Gasteiger partial charge in [0.05, 0.1) is 0 Å². The highest BCUT2D eigenvalue weighted by Crippen LogP contribution is 2.50. The zero-order valence-electron chi connectivity index (χ0n) is 6.81. The van der Waals surface area contributed by atoms with Gasteiger partial charge in [-0.25, -0.2) is 4.39 Å². The molecule has 6 heteroatoms.